The maximum atomic E-state index is 5.69. The molecule has 1 heterocycles. The molecule has 2 aromatic rings. The van der Waals surface area contributed by atoms with E-state index in [1.54, 1.807) is 11.3 Å². The van der Waals surface area contributed by atoms with E-state index in [4.69, 9.17) is 5.73 Å². The molecule has 0 unspecified atom stereocenters. The normalized spacial score (nSPS) is 24.0. The summed E-state index contributed by atoms with van der Waals surface area (Å²) in [4.78, 5) is 4.40. The first-order valence-corrected chi connectivity index (χ1v) is 6.48. The molecule has 0 bridgehead atoms. The SMILES string of the molecule is Nc1nc([C@H]2CC[C@H]2c2ccccc2)cs1. The summed E-state index contributed by atoms with van der Waals surface area (Å²) in [5.41, 5.74) is 8.31. The summed E-state index contributed by atoms with van der Waals surface area (Å²) in [6.07, 6.45) is 2.51. The Hall–Kier alpha value is -1.35. The summed E-state index contributed by atoms with van der Waals surface area (Å²) in [7, 11) is 0. The fourth-order valence-corrected chi connectivity index (χ4v) is 3.05. The number of hydrogen-bond donors (Lipinski definition) is 1. The van der Waals surface area contributed by atoms with Gasteiger partial charge < -0.3 is 5.73 Å². The zero-order valence-electron chi connectivity index (χ0n) is 8.97. The fourth-order valence-electron chi connectivity index (χ4n) is 2.42. The largest absolute Gasteiger partial charge is 0.375 e. The second-order valence-electron chi connectivity index (χ2n) is 4.31. The molecule has 2 atom stereocenters. The first-order valence-electron chi connectivity index (χ1n) is 5.60. The minimum absolute atomic E-state index is 0.580. The highest BCUT2D eigenvalue weighted by molar-refractivity contribution is 7.13. The van der Waals surface area contributed by atoms with Crippen LogP contribution in [-0.4, -0.2) is 4.98 Å². The molecule has 82 valence electrons. The van der Waals surface area contributed by atoms with Gasteiger partial charge in [0.05, 0.1) is 5.69 Å². The van der Waals surface area contributed by atoms with E-state index in [2.05, 4.69) is 40.7 Å². The zero-order valence-corrected chi connectivity index (χ0v) is 9.78. The summed E-state index contributed by atoms with van der Waals surface area (Å²) in [5.74, 6) is 1.22. The van der Waals surface area contributed by atoms with Gasteiger partial charge in [-0.1, -0.05) is 30.3 Å². The van der Waals surface area contributed by atoms with Gasteiger partial charge in [-0.2, -0.15) is 0 Å². The average Bonchev–Trinajstić information content (AvgIpc) is 2.65. The fraction of sp³-hybridized carbons (Fsp3) is 0.308. The third kappa shape index (κ3) is 1.61. The Labute approximate surface area is 99.1 Å². The number of nitrogens with zero attached hydrogens (tertiary/aromatic N) is 1. The van der Waals surface area contributed by atoms with Crippen LogP contribution in [0.2, 0.25) is 0 Å². The van der Waals surface area contributed by atoms with Crippen molar-refractivity contribution in [1.82, 2.24) is 4.98 Å². The number of benzene rings is 1. The molecule has 0 radical (unpaired) electrons. The first-order chi connectivity index (χ1) is 7.84. The standard InChI is InChI=1S/C13H14N2S/c14-13-15-12(8-16-13)11-7-6-10(11)9-4-2-1-3-5-9/h1-5,8,10-11H,6-7H2,(H2,14,15)/t10-,11-/m0/s1. The Bertz CT molecular complexity index is 478. The van der Waals surface area contributed by atoms with Crippen molar-refractivity contribution in [3.63, 3.8) is 0 Å². The summed E-state index contributed by atoms with van der Waals surface area (Å²) >= 11 is 1.55. The molecule has 0 saturated heterocycles. The first kappa shape index (κ1) is 9.85. The topological polar surface area (TPSA) is 38.9 Å². The quantitative estimate of drug-likeness (QED) is 0.859. The van der Waals surface area contributed by atoms with Crippen molar-refractivity contribution < 1.29 is 0 Å². The molecule has 1 aromatic carbocycles. The van der Waals surface area contributed by atoms with Crippen LogP contribution in [0.4, 0.5) is 5.13 Å². The van der Waals surface area contributed by atoms with E-state index in [-0.39, 0.29) is 0 Å². The van der Waals surface area contributed by atoms with Gasteiger partial charge in [-0.25, -0.2) is 4.98 Å². The number of aromatic nitrogens is 1. The molecular formula is C13H14N2S. The molecule has 16 heavy (non-hydrogen) atoms. The smallest absolute Gasteiger partial charge is 0.180 e. The third-order valence-electron chi connectivity index (χ3n) is 3.42. The Balaban J connectivity index is 1.84. The lowest BCUT2D eigenvalue weighted by molar-refractivity contribution is 0.341. The minimum Gasteiger partial charge on any atom is -0.375 e. The van der Waals surface area contributed by atoms with Gasteiger partial charge in [-0.05, 0) is 24.3 Å². The number of anilines is 1. The highest BCUT2D eigenvalue weighted by atomic mass is 32.1. The van der Waals surface area contributed by atoms with E-state index in [0.29, 0.717) is 17.0 Å². The van der Waals surface area contributed by atoms with E-state index in [9.17, 15) is 0 Å². The lowest BCUT2D eigenvalue weighted by atomic mass is 9.69. The van der Waals surface area contributed by atoms with Crippen molar-refractivity contribution in [3.8, 4) is 0 Å². The Morgan fingerprint density at radius 2 is 1.88 bits per heavy atom. The van der Waals surface area contributed by atoms with Gasteiger partial charge in [0.25, 0.3) is 0 Å². The maximum absolute atomic E-state index is 5.69. The van der Waals surface area contributed by atoms with Gasteiger partial charge in [-0.15, -0.1) is 11.3 Å². The van der Waals surface area contributed by atoms with Crippen molar-refractivity contribution in [2.75, 3.05) is 5.73 Å². The van der Waals surface area contributed by atoms with Crippen molar-refractivity contribution in [1.29, 1.82) is 0 Å². The van der Waals surface area contributed by atoms with Gasteiger partial charge in [0.2, 0.25) is 0 Å². The number of rotatable bonds is 2. The molecule has 1 aliphatic carbocycles. The van der Waals surface area contributed by atoms with E-state index in [1.165, 1.54) is 24.1 Å². The molecule has 2 N–H and O–H groups in total. The molecule has 3 heteroatoms. The highest BCUT2D eigenvalue weighted by Crippen LogP contribution is 2.49. The molecule has 0 aliphatic heterocycles. The molecule has 2 nitrogen and oxygen atoms in total. The molecule has 0 spiro atoms. The number of hydrogen-bond acceptors (Lipinski definition) is 3. The predicted octanol–water partition coefficient (Wildman–Crippen LogP) is 3.39. The lowest BCUT2D eigenvalue weighted by Crippen LogP contribution is -2.22. The molecule has 0 amide bonds. The lowest BCUT2D eigenvalue weighted by Gasteiger charge is -2.36. The minimum atomic E-state index is 0.580. The molecular weight excluding hydrogens is 216 g/mol. The van der Waals surface area contributed by atoms with Crippen LogP contribution >= 0.6 is 11.3 Å². The second-order valence-corrected chi connectivity index (χ2v) is 5.20. The summed E-state index contributed by atoms with van der Waals surface area (Å²) in [6, 6.07) is 10.7. The van der Waals surface area contributed by atoms with Gasteiger partial charge in [0.15, 0.2) is 5.13 Å². The molecule has 3 rings (SSSR count). The van der Waals surface area contributed by atoms with Gasteiger partial charge in [0.1, 0.15) is 0 Å². The summed E-state index contributed by atoms with van der Waals surface area (Å²) in [5, 5.41) is 2.79. The van der Waals surface area contributed by atoms with Gasteiger partial charge in [0, 0.05) is 11.3 Å². The van der Waals surface area contributed by atoms with Crippen molar-refractivity contribution in [2.45, 2.75) is 24.7 Å². The van der Waals surface area contributed by atoms with E-state index >= 15 is 0 Å². The third-order valence-corrected chi connectivity index (χ3v) is 4.11. The predicted molar refractivity (Wildman–Crippen MR) is 67.7 cm³/mol. The Kier molecular flexibility index (Phi) is 2.40. The van der Waals surface area contributed by atoms with Gasteiger partial charge in [-0.3, -0.25) is 0 Å². The van der Waals surface area contributed by atoms with Crippen molar-refractivity contribution >= 4 is 16.5 Å². The zero-order chi connectivity index (χ0) is 11.0. The van der Waals surface area contributed by atoms with Crippen LogP contribution in [0, 0.1) is 0 Å². The Morgan fingerprint density at radius 1 is 1.12 bits per heavy atom. The molecule has 1 aliphatic rings. The van der Waals surface area contributed by atoms with Crippen LogP contribution < -0.4 is 5.73 Å². The van der Waals surface area contributed by atoms with Crippen LogP contribution in [0.1, 0.15) is 35.9 Å². The maximum Gasteiger partial charge on any atom is 0.180 e. The monoisotopic (exact) mass is 230 g/mol. The van der Waals surface area contributed by atoms with Crippen molar-refractivity contribution in [3.05, 3.63) is 47.0 Å². The van der Waals surface area contributed by atoms with Crippen LogP contribution in [0.25, 0.3) is 0 Å². The summed E-state index contributed by atoms with van der Waals surface area (Å²) < 4.78 is 0. The van der Waals surface area contributed by atoms with Crippen LogP contribution in [0.3, 0.4) is 0 Å². The summed E-state index contributed by atoms with van der Waals surface area (Å²) in [6.45, 7) is 0. The highest BCUT2D eigenvalue weighted by Gasteiger charge is 2.34. The van der Waals surface area contributed by atoms with Gasteiger partial charge >= 0.3 is 0 Å². The second kappa shape index (κ2) is 3.91. The molecule has 1 saturated carbocycles. The average molecular weight is 230 g/mol. The van der Waals surface area contributed by atoms with E-state index in [0.717, 1.165) is 0 Å². The number of thiazole rings is 1. The van der Waals surface area contributed by atoms with Crippen LogP contribution in [0.15, 0.2) is 35.7 Å². The molecule has 1 fully saturated rings. The van der Waals surface area contributed by atoms with E-state index < -0.39 is 0 Å². The van der Waals surface area contributed by atoms with Crippen molar-refractivity contribution in [2.24, 2.45) is 0 Å². The van der Waals surface area contributed by atoms with E-state index in [1.807, 2.05) is 0 Å². The number of nitrogens with two attached hydrogens (primary N) is 1. The van der Waals surface area contributed by atoms with Crippen LogP contribution in [0.5, 0.6) is 0 Å². The number of nitrogen functional groups attached to an aromatic ring is 1. The van der Waals surface area contributed by atoms with Crippen LogP contribution in [-0.2, 0) is 0 Å². The molecule has 1 aromatic heterocycles. The Morgan fingerprint density at radius 3 is 2.44 bits per heavy atom.